The van der Waals surface area contributed by atoms with Crippen LogP contribution in [0.1, 0.15) is 28.7 Å². The van der Waals surface area contributed by atoms with Gasteiger partial charge in [0.05, 0.1) is 17.9 Å². The van der Waals surface area contributed by atoms with Crippen molar-refractivity contribution in [1.82, 2.24) is 10.3 Å². The minimum atomic E-state index is -0.333. The second kappa shape index (κ2) is 7.36. The molecule has 1 unspecified atom stereocenters. The highest BCUT2D eigenvalue weighted by Gasteiger charge is 2.20. The number of ether oxygens (including phenoxy) is 1. The number of aryl methyl sites for hydroxylation is 1. The summed E-state index contributed by atoms with van der Waals surface area (Å²) in [5.41, 5.74) is 1.89. The van der Waals surface area contributed by atoms with Crippen molar-refractivity contribution in [2.75, 3.05) is 6.61 Å². The Bertz CT molecular complexity index is 874. The maximum atomic E-state index is 12.5. The number of hydrogen-bond acceptors (Lipinski definition) is 5. The molecule has 3 aromatic rings. The Morgan fingerprint density at radius 2 is 2.20 bits per heavy atom. The Balaban J connectivity index is 1.85. The fourth-order valence-electron chi connectivity index (χ4n) is 2.55. The summed E-state index contributed by atoms with van der Waals surface area (Å²) in [6, 6.07) is 10.7. The smallest absolute Gasteiger partial charge is 0.255 e. The number of carbonyl (C=O) groups excluding carboxylic acids is 1. The minimum absolute atomic E-state index is 0.126. The van der Waals surface area contributed by atoms with Gasteiger partial charge in [0.2, 0.25) is 0 Å². The number of furan rings is 1. The number of fused-ring (bicyclic) bond motifs is 1. The van der Waals surface area contributed by atoms with Crippen LogP contribution < -0.4 is 10.1 Å². The van der Waals surface area contributed by atoms with Gasteiger partial charge in [-0.3, -0.25) is 9.78 Å². The van der Waals surface area contributed by atoms with Gasteiger partial charge in [0.15, 0.2) is 0 Å². The molecular formula is C19H20N2O4. The molecule has 25 heavy (non-hydrogen) atoms. The number of aliphatic hydroxyl groups is 1. The van der Waals surface area contributed by atoms with E-state index in [0.29, 0.717) is 34.6 Å². The summed E-state index contributed by atoms with van der Waals surface area (Å²) >= 11 is 0. The fraction of sp³-hybridized carbons (Fsp3) is 0.263. The first kappa shape index (κ1) is 17.0. The van der Waals surface area contributed by atoms with Gasteiger partial charge in [0.25, 0.3) is 5.91 Å². The van der Waals surface area contributed by atoms with Crippen molar-refractivity contribution in [1.29, 1.82) is 0 Å². The normalized spacial score (nSPS) is 12.1. The van der Waals surface area contributed by atoms with Crippen molar-refractivity contribution < 1.29 is 19.1 Å². The fourth-order valence-corrected chi connectivity index (χ4v) is 2.55. The Morgan fingerprint density at radius 3 is 2.92 bits per heavy atom. The average Bonchev–Trinajstić information content (AvgIpc) is 2.95. The van der Waals surface area contributed by atoms with Gasteiger partial charge in [0.1, 0.15) is 23.7 Å². The van der Waals surface area contributed by atoms with E-state index in [2.05, 4.69) is 10.3 Å². The summed E-state index contributed by atoms with van der Waals surface area (Å²) in [4.78, 5) is 16.7. The van der Waals surface area contributed by atoms with Crippen LogP contribution in [0.15, 0.2) is 47.0 Å². The van der Waals surface area contributed by atoms with Crippen molar-refractivity contribution >= 4 is 16.9 Å². The van der Waals surface area contributed by atoms with Crippen molar-refractivity contribution in [2.45, 2.75) is 26.5 Å². The molecule has 0 aliphatic carbocycles. The first-order chi connectivity index (χ1) is 12.1. The lowest BCUT2D eigenvalue weighted by atomic mass is 10.1. The van der Waals surface area contributed by atoms with Crippen molar-refractivity contribution in [2.24, 2.45) is 0 Å². The molecule has 0 radical (unpaired) electrons. The molecule has 130 valence electrons. The molecule has 0 spiro atoms. The molecule has 1 aromatic carbocycles. The maximum absolute atomic E-state index is 12.5. The molecule has 6 nitrogen and oxygen atoms in total. The van der Waals surface area contributed by atoms with E-state index in [-0.39, 0.29) is 18.6 Å². The third-order valence-corrected chi connectivity index (χ3v) is 3.83. The standard InChI is InChI=1S/C19H20N2O4/c1-12(10-22)21-19(23)18-13(2)25-17-7-6-15(9-16(17)18)24-11-14-5-3-4-8-20-14/h3-9,12,22H,10-11H2,1-2H3,(H,21,23). The largest absolute Gasteiger partial charge is 0.487 e. The summed E-state index contributed by atoms with van der Waals surface area (Å²) in [5, 5.41) is 12.5. The number of nitrogens with one attached hydrogen (secondary N) is 1. The zero-order chi connectivity index (χ0) is 17.8. The Morgan fingerprint density at radius 1 is 1.36 bits per heavy atom. The van der Waals surface area contributed by atoms with E-state index in [9.17, 15) is 4.79 Å². The number of pyridine rings is 1. The van der Waals surface area contributed by atoms with Crippen LogP contribution in [-0.2, 0) is 6.61 Å². The van der Waals surface area contributed by atoms with E-state index < -0.39 is 0 Å². The number of hydrogen-bond donors (Lipinski definition) is 2. The van der Waals surface area contributed by atoms with E-state index in [0.717, 1.165) is 5.69 Å². The SMILES string of the molecule is Cc1oc2ccc(OCc3ccccn3)cc2c1C(=O)NC(C)CO. The second-order valence-corrected chi connectivity index (χ2v) is 5.86. The molecule has 6 heteroatoms. The number of amides is 1. The molecule has 2 N–H and O–H groups in total. The van der Waals surface area contributed by atoms with Crippen molar-refractivity contribution in [3.8, 4) is 5.75 Å². The molecule has 0 aliphatic heterocycles. The van der Waals surface area contributed by atoms with Crippen molar-refractivity contribution in [3.05, 3.63) is 59.6 Å². The highest BCUT2D eigenvalue weighted by atomic mass is 16.5. The highest BCUT2D eigenvalue weighted by molar-refractivity contribution is 6.07. The predicted molar refractivity (Wildman–Crippen MR) is 93.5 cm³/mol. The summed E-state index contributed by atoms with van der Waals surface area (Å²) in [5.74, 6) is 0.877. The summed E-state index contributed by atoms with van der Waals surface area (Å²) < 4.78 is 11.4. The minimum Gasteiger partial charge on any atom is -0.487 e. The Hall–Kier alpha value is -2.86. The van der Waals surface area contributed by atoms with E-state index in [4.69, 9.17) is 14.3 Å². The van der Waals surface area contributed by atoms with Crippen LogP contribution in [0, 0.1) is 6.92 Å². The van der Waals surface area contributed by atoms with Crippen LogP contribution >= 0.6 is 0 Å². The van der Waals surface area contributed by atoms with E-state index in [1.165, 1.54) is 0 Å². The second-order valence-electron chi connectivity index (χ2n) is 5.86. The van der Waals surface area contributed by atoms with Gasteiger partial charge in [-0.25, -0.2) is 0 Å². The quantitative estimate of drug-likeness (QED) is 0.721. The molecule has 0 saturated heterocycles. The number of benzene rings is 1. The molecule has 2 heterocycles. The van der Waals surface area contributed by atoms with Gasteiger partial charge in [-0.1, -0.05) is 6.07 Å². The molecule has 2 aromatic heterocycles. The first-order valence-electron chi connectivity index (χ1n) is 8.06. The zero-order valence-electron chi connectivity index (χ0n) is 14.2. The van der Waals surface area contributed by atoms with Crippen LogP contribution in [0.5, 0.6) is 5.75 Å². The predicted octanol–water partition coefficient (Wildman–Crippen LogP) is 2.83. The van der Waals surface area contributed by atoms with Crippen LogP contribution in [0.3, 0.4) is 0 Å². The summed E-state index contributed by atoms with van der Waals surface area (Å²) in [7, 11) is 0. The number of aliphatic hydroxyl groups excluding tert-OH is 1. The molecular weight excluding hydrogens is 320 g/mol. The lowest BCUT2D eigenvalue weighted by Crippen LogP contribution is -2.35. The van der Waals surface area contributed by atoms with Crippen molar-refractivity contribution in [3.63, 3.8) is 0 Å². The lowest BCUT2D eigenvalue weighted by Gasteiger charge is -2.10. The molecule has 1 atom stereocenters. The topological polar surface area (TPSA) is 84.6 Å². The zero-order valence-corrected chi connectivity index (χ0v) is 14.2. The number of carbonyl (C=O) groups is 1. The van der Waals surface area contributed by atoms with Gasteiger partial charge in [-0.15, -0.1) is 0 Å². The Kier molecular flexibility index (Phi) is 5.00. The number of aromatic nitrogens is 1. The molecule has 0 bridgehead atoms. The molecule has 0 fully saturated rings. The van der Waals surface area contributed by atoms with Crippen LogP contribution in [-0.4, -0.2) is 28.6 Å². The number of nitrogens with zero attached hydrogens (tertiary/aromatic N) is 1. The number of rotatable bonds is 6. The molecule has 3 rings (SSSR count). The van der Waals surface area contributed by atoms with Crippen LogP contribution in [0.25, 0.3) is 11.0 Å². The maximum Gasteiger partial charge on any atom is 0.255 e. The third-order valence-electron chi connectivity index (χ3n) is 3.83. The average molecular weight is 340 g/mol. The summed E-state index contributed by atoms with van der Waals surface area (Å²) in [6.07, 6.45) is 1.71. The van der Waals surface area contributed by atoms with Gasteiger partial charge in [-0.05, 0) is 44.2 Å². The van der Waals surface area contributed by atoms with E-state index in [1.54, 1.807) is 38.2 Å². The van der Waals surface area contributed by atoms with Crippen LogP contribution in [0.2, 0.25) is 0 Å². The van der Waals surface area contributed by atoms with Gasteiger partial charge in [0, 0.05) is 17.6 Å². The van der Waals surface area contributed by atoms with E-state index in [1.807, 2.05) is 18.2 Å². The lowest BCUT2D eigenvalue weighted by molar-refractivity contribution is 0.0922. The van der Waals surface area contributed by atoms with E-state index >= 15 is 0 Å². The molecule has 0 saturated carbocycles. The first-order valence-corrected chi connectivity index (χ1v) is 8.06. The third kappa shape index (κ3) is 3.80. The monoisotopic (exact) mass is 340 g/mol. The summed E-state index contributed by atoms with van der Waals surface area (Å²) in [6.45, 7) is 3.69. The Labute approximate surface area is 145 Å². The van der Waals surface area contributed by atoms with Crippen LogP contribution in [0.4, 0.5) is 0 Å². The van der Waals surface area contributed by atoms with Gasteiger partial charge in [-0.2, -0.15) is 0 Å². The van der Waals surface area contributed by atoms with Gasteiger partial charge < -0.3 is 19.6 Å². The molecule has 0 aliphatic rings. The highest BCUT2D eigenvalue weighted by Crippen LogP contribution is 2.29. The van der Waals surface area contributed by atoms with Gasteiger partial charge >= 0.3 is 0 Å². The molecule has 1 amide bonds.